The van der Waals surface area contributed by atoms with Crippen LogP contribution in [-0.4, -0.2) is 26.7 Å². The second-order valence-corrected chi connectivity index (χ2v) is 10.1. The fraction of sp³-hybridized carbons (Fsp3) is 0.212. The molecule has 0 spiro atoms. The van der Waals surface area contributed by atoms with Crippen molar-refractivity contribution in [1.29, 1.82) is 0 Å². The molecule has 1 N–H and O–H groups in total. The van der Waals surface area contributed by atoms with E-state index in [2.05, 4.69) is 87.7 Å². The number of imidazole rings is 1. The lowest BCUT2D eigenvalue weighted by Crippen LogP contribution is -2.35. The Morgan fingerprint density at radius 2 is 1.68 bits per heavy atom. The summed E-state index contributed by atoms with van der Waals surface area (Å²) in [5.41, 5.74) is 5.89. The molecule has 0 bridgehead atoms. The average molecular weight is 486 g/mol. The number of carbonyl (C=O) groups excluding carboxylic acids is 1. The summed E-state index contributed by atoms with van der Waals surface area (Å²) in [6.45, 7) is 1.65. The lowest BCUT2D eigenvalue weighted by Gasteiger charge is -2.31. The van der Waals surface area contributed by atoms with E-state index in [1.165, 1.54) is 16.7 Å². The molecule has 0 amide bonds. The molecule has 1 aliphatic rings. The van der Waals surface area contributed by atoms with Gasteiger partial charge in [-0.05, 0) is 46.2 Å². The maximum absolute atomic E-state index is 13.8. The minimum absolute atomic E-state index is 0.156. The molecule has 4 heteroatoms. The second-order valence-electron chi connectivity index (χ2n) is 10.1. The predicted octanol–water partition coefficient (Wildman–Crippen LogP) is 6.94. The van der Waals surface area contributed by atoms with E-state index in [-0.39, 0.29) is 11.7 Å². The van der Waals surface area contributed by atoms with Crippen molar-refractivity contribution in [2.75, 3.05) is 0 Å². The molecule has 2 unspecified atom stereocenters. The molecule has 2 atom stereocenters. The number of hydrogen-bond acceptors (Lipinski definition) is 3. The van der Waals surface area contributed by atoms with Crippen molar-refractivity contribution < 1.29 is 4.79 Å². The number of benzene rings is 4. The molecular formula is C33H31N3O. The molecular weight excluding hydrogens is 454 g/mol. The molecule has 0 aliphatic carbocycles. The monoisotopic (exact) mass is 485 g/mol. The molecule has 0 fully saturated rings. The third kappa shape index (κ3) is 5.11. The van der Waals surface area contributed by atoms with Crippen molar-refractivity contribution in [2.45, 2.75) is 44.3 Å². The summed E-state index contributed by atoms with van der Waals surface area (Å²) in [4.78, 5) is 23.9. The first-order chi connectivity index (χ1) is 18.2. The van der Waals surface area contributed by atoms with Crippen molar-refractivity contribution in [3.8, 4) is 0 Å². The smallest absolute Gasteiger partial charge is 0.164 e. The number of H-pyrrole nitrogens is 1. The third-order valence-electron chi connectivity index (χ3n) is 7.71. The van der Waals surface area contributed by atoms with E-state index < -0.39 is 0 Å². The van der Waals surface area contributed by atoms with E-state index in [1.54, 1.807) is 6.33 Å². The summed E-state index contributed by atoms with van der Waals surface area (Å²) >= 11 is 0. The van der Waals surface area contributed by atoms with Crippen LogP contribution in [-0.2, 0) is 19.5 Å². The van der Waals surface area contributed by atoms with Gasteiger partial charge in [0.25, 0.3) is 0 Å². The Bertz CT molecular complexity index is 1490. The highest BCUT2D eigenvalue weighted by atomic mass is 16.1. The minimum atomic E-state index is 0.156. The van der Waals surface area contributed by atoms with E-state index >= 15 is 0 Å². The fourth-order valence-electron chi connectivity index (χ4n) is 5.90. The first kappa shape index (κ1) is 23.4. The Kier molecular flexibility index (Phi) is 6.66. The Labute approximate surface area is 218 Å². The number of rotatable bonds is 7. The van der Waals surface area contributed by atoms with Crippen LogP contribution >= 0.6 is 0 Å². The Balaban J connectivity index is 1.35. The van der Waals surface area contributed by atoms with Crippen LogP contribution in [0.5, 0.6) is 0 Å². The molecule has 0 saturated carbocycles. The highest BCUT2D eigenvalue weighted by molar-refractivity contribution is 6.08. The summed E-state index contributed by atoms with van der Waals surface area (Å²) in [7, 11) is 0. The number of Topliss-reactive ketones (excluding diaryl/α,β-unsaturated/α-hetero) is 1. The number of ketones is 1. The van der Waals surface area contributed by atoms with Crippen LogP contribution in [0.1, 0.15) is 51.5 Å². The SMILES string of the molecule is O=C(CC1CC(Cc2ccccc2)N(Cc2cnc[nH]2)Cc2ccccc21)c1cccc2ccccc12. The van der Waals surface area contributed by atoms with Gasteiger partial charge in [0.05, 0.1) is 6.33 Å². The first-order valence-electron chi connectivity index (χ1n) is 13.1. The van der Waals surface area contributed by atoms with Gasteiger partial charge in [0.2, 0.25) is 0 Å². The van der Waals surface area contributed by atoms with E-state index in [0.717, 1.165) is 48.0 Å². The molecule has 5 aromatic rings. The Morgan fingerprint density at radius 3 is 2.54 bits per heavy atom. The maximum Gasteiger partial charge on any atom is 0.164 e. The van der Waals surface area contributed by atoms with Gasteiger partial charge in [-0.15, -0.1) is 0 Å². The van der Waals surface area contributed by atoms with Crippen molar-refractivity contribution in [3.05, 3.63) is 138 Å². The van der Waals surface area contributed by atoms with Gasteiger partial charge in [0.15, 0.2) is 5.78 Å². The van der Waals surface area contributed by atoms with E-state index in [4.69, 9.17) is 0 Å². The zero-order valence-corrected chi connectivity index (χ0v) is 20.9. The normalized spacial score (nSPS) is 17.8. The lowest BCUT2D eigenvalue weighted by molar-refractivity contribution is 0.0965. The van der Waals surface area contributed by atoms with Crippen molar-refractivity contribution in [2.24, 2.45) is 0 Å². The zero-order chi connectivity index (χ0) is 25.0. The standard InChI is InChI=1S/C33H31N3O/c37-33(32-16-8-13-25-11-4-7-15-31(25)32)19-27-18-29(17-24-9-2-1-3-10-24)36(22-28-20-34-23-35-28)21-26-12-5-6-14-30(26)27/h1-16,20,23,27,29H,17-19,21-22H2,(H,34,35). The van der Waals surface area contributed by atoms with Crippen LogP contribution in [0.3, 0.4) is 0 Å². The average Bonchev–Trinajstić information content (AvgIpc) is 3.41. The number of hydrogen-bond donors (Lipinski definition) is 1. The van der Waals surface area contributed by atoms with E-state index in [9.17, 15) is 4.79 Å². The Hall–Kier alpha value is -4.02. The van der Waals surface area contributed by atoms with Gasteiger partial charge in [-0.2, -0.15) is 0 Å². The maximum atomic E-state index is 13.8. The van der Waals surface area contributed by atoms with Crippen molar-refractivity contribution >= 4 is 16.6 Å². The molecule has 4 nitrogen and oxygen atoms in total. The molecule has 0 saturated heterocycles. The van der Waals surface area contributed by atoms with E-state index in [0.29, 0.717) is 12.5 Å². The number of carbonyl (C=O) groups is 1. The van der Waals surface area contributed by atoms with Gasteiger partial charge in [-0.1, -0.05) is 97.1 Å². The number of nitrogens with one attached hydrogen (secondary N) is 1. The third-order valence-corrected chi connectivity index (χ3v) is 7.71. The van der Waals surface area contributed by atoms with Gasteiger partial charge in [-0.25, -0.2) is 4.98 Å². The summed E-state index contributed by atoms with van der Waals surface area (Å²) in [6, 6.07) is 34.0. The molecule has 6 rings (SSSR count). The number of fused-ring (bicyclic) bond motifs is 2. The molecule has 37 heavy (non-hydrogen) atoms. The van der Waals surface area contributed by atoms with Crippen LogP contribution < -0.4 is 0 Å². The van der Waals surface area contributed by atoms with Gasteiger partial charge < -0.3 is 4.98 Å². The lowest BCUT2D eigenvalue weighted by atomic mass is 9.83. The summed E-state index contributed by atoms with van der Waals surface area (Å²) in [6.07, 6.45) is 6.05. The number of aromatic amines is 1. The van der Waals surface area contributed by atoms with E-state index in [1.807, 2.05) is 30.5 Å². The van der Waals surface area contributed by atoms with Gasteiger partial charge in [0.1, 0.15) is 0 Å². The molecule has 1 aromatic heterocycles. The molecule has 4 aromatic carbocycles. The van der Waals surface area contributed by atoms with Crippen LogP contribution in [0, 0.1) is 0 Å². The van der Waals surface area contributed by atoms with Crippen LogP contribution in [0.15, 0.2) is 110 Å². The van der Waals surface area contributed by atoms with Crippen molar-refractivity contribution in [3.63, 3.8) is 0 Å². The highest BCUT2D eigenvalue weighted by Gasteiger charge is 2.31. The number of aromatic nitrogens is 2. The molecule has 0 radical (unpaired) electrons. The largest absolute Gasteiger partial charge is 0.347 e. The van der Waals surface area contributed by atoms with Gasteiger partial charge in [-0.3, -0.25) is 9.69 Å². The molecule has 2 heterocycles. The van der Waals surface area contributed by atoms with Crippen LogP contribution in [0.2, 0.25) is 0 Å². The second kappa shape index (κ2) is 10.5. The Morgan fingerprint density at radius 1 is 0.892 bits per heavy atom. The van der Waals surface area contributed by atoms with Gasteiger partial charge >= 0.3 is 0 Å². The summed E-state index contributed by atoms with van der Waals surface area (Å²) < 4.78 is 0. The summed E-state index contributed by atoms with van der Waals surface area (Å²) in [5, 5.41) is 2.15. The summed E-state index contributed by atoms with van der Waals surface area (Å²) in [5.74, 6) is 0.375. The molecule has 184 valence electrons. The minimum Gasteiger partial charge on any atom is -0.347 e. The van der Waals surface area contributed by atoms with Crippen LogP contribution in [0.25, 0.3) is 10.8 Å². The zero-order valence-electron chi connectivity index (χ0n) is 20.9. The quantitative estimate of drug-likeness (QED) is 0.254. The van der Waals surface area contributed by atoms with Crippen LogP contribution in [0.4, 0.5) is 0 Å². The fourth-order valence-corrected chi connectivity index (χ4v) is 5.90. The predicted molar refractivity (Wildman–Crippen MR) is 148 cm³/mol. The van der Waals surface area contributed by atoms with Gasteiger partial charge in [0, 0.05) is 43.0 Å². The topological polar surface area (TPSA) is 49.0 Å². The van der Waals surface area contributed by atoms with Crippen molar-refractivity contribution in [1.82, 2.24) is 14.9 Å². The molecule has 1 aliphatic heterocycles. The number of nitrogens with zero attached hydrogens (tertiary/aromatic N) is 2. The highest BCUT2D eigenvalue weighted by Crippen LogP contribution is 2.37. The first-order valence-corrected chi connectivity index (χ1v) is 13.1.